The van der Waals surface area contributed by atoms with Gasteiger partial charge in [-0.3, -0.25) is 72.1 Å². The lowest BCUT2D eigenvalue weighted by molar-refractivity contribution is -0.286. The minimum atomic E-state index is -2.18. The monoisotopic (exact) mass is 1600 g/mol. The van der Waals surface area contributed by atoms with E-state index in [9.17, 15) is 83.1 Å². The SMILES string of the molecule is CC[C@H](C)[C@H](N)C1=N[C@H](C(=O)N[C@@H](CC(C)C)C(=O)N[C@H](CCC(=O)OC2OC(C(=O)O)C(O)C(O)C2O)C(=O)N[C@H](C(=O)N[C@H]2CCCCNC(=O)[C@H](CC(N)=O)NC(=O)[C@@H](CC(=O)O)NC(=O)[C@H](Cc3cnc[nH]3)NC(=O)[C@@H](Cc3ccccc3)NC(=O)[C@H]([C@@H](C)CC)NC(=O)[C@@H](CCCN)NC2=O)[C@@H](C)CC)CS1. The predicted molar refractivity (Wildman–Crippen MR) is 402 cm³/mol. The molecule has 2 aromatic rings. The number of carbonyl (C=O) groups is 15. The Morgan fingerprint density at radius 1 is 0.679 bits per heavy atom. The largest absolute Gasteiger partial charge is 0.481 e. The van der Waals surface area contributed by atoms with Crippen molar-refractivity contribution in [2.75, 3.05) is 18.8 Å². The summed E-state index contributed by atoms with van der Waals surface area (Å²) < 4.78 is 10.3. The van der Waals surface area contributed by atoms with E-state index in [1.165, 1.54) is 24.3 Å². The van der Waals surface area contributed by atoms with E-state index < -0.39 is 230 Å². The minimum Gasteiger partial charge on any atom is -0.481 e. The van der Waals surface area contributed by atoms with Crippen LogP contribution in [0.25, 0.3) is 0 Å². The van der Waals surface area contributed by atoms with Crippen LogP contribution in [0.15, 0.2) is 47.8 Å². The van der Waals surface area contributed by atoms with E-state index >= 15 is 14.4 Å². The maximum atomic E-state index is 15.1. The van der Waals surface area contributed by atoms with Gasteiger partial charge in [0.15, 0.2) is 6.10 Å². The van der Waals surface area contributed by atoms with Gasteiger partial charge in [-0.25, -0.2) is 9.78 Å². The van der Waals surface area contributed by atoms with Crippen LogP contribution in [0.4, 0.5) is 0 Å². The Morgan fingerprint density at radius 3 is 1.88 bits per heavy atom. The normalized spacial score (nSPS) is 26.0. The average molecular weight is 1600 g/mol. The number of amides is 12. The van der Waals surface area contributed by atoms with Gasteiger partial charge >= 0.3 is 17.9 Å². The van der Waals surface area contributed by atoms with Gasteiger partial charge in [-0.2, -0.15) is 0 Å². The van der Waals surface area contributed by atoms with Crippen LogP contribution in [0.3, 0.4) is 0 Å². The maximum Gasteiger partial charge on any atom is 0.335 e. The van der Waals surface area contributed by atoms with Crippen molar-refractivity contribution in [3.8, 4) is 0 Å². The first-order chi connectivity index (χ1) is 53.0. The highest BCUT2D eigenvalue weighted by Crippen LogP contribution is 2.26. The first-order valence-corrected chi connectivity index (χ1v) is 38.6. The number of thioether (sulfide) groups is 1. The summed E-state index contributed by atoms with van der Waals surface area (Å²) in [6, 6.07) is -9.49. The minimum absolute atomic E-state index is 0.0137. The number of hydrogen-bond donors (Lipinski definition) is 20. The number of aliphatic hydroxyl groups excluding tert-OH is 3. The number of H-pyrrole nitrogens is 1. The molecule has 622 valence electrons. The molecule has 20 atom stereocenters. The van der Waals surface area contributed by atoms with E-state index in [0.717, 1.165) is 6.42 Å². The van der Waals surface area contributed by atoms with Crippen molar-refractivity contribution in [3.05, 3.63) is 54.1 Å². The second kappa shape index (κ2) is 45.7. The Hall–Kier alpha value is -9.74. The van der Waals surface area contributed by atoms with Gasteiger partial charge in [-0.15, -0.1) is 11.8 Å². The Bertz CT molecular complexity index is 3600. The number of nitrogens with two attached hydrogens (primary N) is 3. The van der Waals surface area contributed by atoms with Crippen LogP contribution >= 0.6 is 11.8 Å². The Kier molecular flexibility index (Phi) is 37.9. The molecule has 112 heavy (non-hydrogen) atoms. The number of primary amides is 1. The third-order valence-electron chi connectivity index (χ3n) is 19.5. The molecule has 0 aliphatic carbocycles. The van der Waals surface area contributed by atoms with Crippen molar-refractivity contribution in [2.45, 2.75) is 255 Å². The number of esters is 1. The highest BCUT2D eigenvalue weighted by atomic mass is 32.2. The predicted octanol–water partition coefficient (Wildman–Crippen LogP) is -4.33. The van der Waals surface area contributed by atoms with Crippen LogP contribution < -0.4 is 75.7 Å². The van der Waals surface area contributed by atoms with Crippen molar-refractivity contribution >= 4 is 106 Å². The molecular formula is C72H111N17O22S. The Balaban J connectivity index is 1.56. The molecule has 2 fully saturated rings. The molecule has 1 aromatic carbocycles. The number of rotatable bonds is 33. The smallest absolute Gasteiger partial charge is 0.335 e. The van der Waals surface area contributed by atoms with Crippen LogP contribution in [-0.2, 0) is 94.2 Å². The fourth-order valence-electron chi connectivity index (χ4n) is 12.2. The number of carbonyl (C=O) groups excluding carboxylic acids is 13. The third-order valence-corrected chi connectivity index (χ3v) is 20.7. The highest BCUT2D eigenvalue weighted by molar-refractivity contribution is 8.14. The van der Waals surface area contributed by atoms with Gasteiger partial charge in [0.2, 0.25) is 77.2 Å². The van der Waals surface area contributed by atoms with Crippen LogP contribution in [0.1, 0.15) is 150 Å². The quantitative estimate of drug-likeness (QED) is 0.0301. The van der Waals surface area contributed by atoms with E-state index in [4.69, 9.17) is 26.7 Å². The number of aromatic amines is 1. The van der Waals surface area contributed by atoms with Gasteiger partial charge in [-0.1, -0.05) is 105 Å². The van der Waals surface area contributed by atoms with E-state index in [1.54, 1.807) is 71.9 Å². The molecule has 0 radical (unpaired) electrons. The van der Waals surface area contributed by atoms with Gasteiger partial charge in [0.05, 0.1) is 30.3 Å². The first-order valence-electron chi connectivity index (χ1n) is 37.6. The average Bonchev–Trinajstić information content (AvgIpc) is 0.930. The highest BCUT2D eigenvalue weighted by Gasteiger charge is 2.49. The number of aliphatic carboxylic acids is 2. The van der Waals surface area contributed by atoms with Crippen LogP contribution in [0.2, 0.25) is 0 Å². The number of hydrogen-bond acceptors (Lipinski definition) is 25. The molecule has 23 N–H and O–H groups in total. The number of nitrogens with zero attached hydrogens (tertiary/aromatic N) is 2. The molecule has 2 saturated heterocycles. The lowest BCUT2D eigenvalue weighted by Gasteiger charge is -2.38. The van der Waals surface area contributed by atoms with Gasteiger partial charge in [0, 0.05) is 43.5 Å². The summed E-state index contributed by atoms with van der Waals surface area (Å²) in [5.41, 5.74) is 18.7. The van der Waals surface area contributed by atoms with Gasteiger partial charge in [-0.05, 0) is 80.7 Å². The van der Waals surface area contributed by atoms with Crippen molar-refractivity contribution in [3.63, 3.8) is 0 Å². The lowest BCUT2D eigenvalue weighted by atomic mass is 9.96. The molecule has 5 unspecified atom stereocenters. The van der Waals surface area contributed by atoms with Crippen molar-refractivity contribution in [1.82, 2.24) is 68.5 Å². The summed E-state index contributed by atoms with van der Waals surface area (Å²) in [5, 5.41) is 80.0. The molecular weight excluding hydrogens is 1490 g/mol. The van der Waals surface area contributed by atoms with Crippen LogP contribution in [0, 0.1) is 23.7 Å². The molecule has 40 heteroatoms. The molecule has 3 aliphatic rings. The standard InChI is InChI=1S/C72H111N17O22S/c1-9-35(6)52(75)70-87-48(32-112-70)67(105)82-43(26-34(4)5)63(101)80-42(22-23-51(93)110-72-57(96)55(94)56(95)58(111-72)71(108)109)62(100)89-53(36(7)10-2)68(106)81-40-20-15-16-25-77-59(97)46(29-49(74)90)84-66(104)47(30-50(91)92)85-65(103)45(28-39-31-76-33-78-39)83-64(102)44(27-38-18-13-12-14-19-38)86-69(107)54(37(8)11-3)88-61(99)41(21-17-24-73)79-60(40)98/h12-14,18-19,31,33-37,40-48,52-58,72,94-96H,9-11,15-17,20-30,32,73,75H2,1-8H3,(H2,74,90)(H,76,78)(H,77,97)(H,79,98)(H,80,101)(H,81,106)(H,82,105)(H,83,102)(H,84,104)(H,85,103)(H,86,107)(H,88,99)(H,89,100)(H,91,92)(H,108,109)/t35-,36-,37-,40-,41+,42+,43-,44+,45-,46-,47+,48-,52-,53-,54-,55?,56?,57?,58?,72?/m0/s1. The van der Waals surface area contributed by atoms with Gasteiger partial charge < -0.3 is 116 Å². The summed E-state index contributed by atoms with van der Waals surface area (Å²) in [5.74, 6) is -18.4. The molecule has 12 amide bonds. The number of aromatic nitrogens is 2. The topological polar surface area (TPSA) is 627 Å². The summed E-state index contributed by atoms with van der Waals surface area (Å²) >= 11 is 1.29. The molecule has 39 nitrogen and oxygen atoms in total. The summed E-state index contributed by atoms with van der Waals surface area (Å²) in [7, 11) is 0. The van der Waals surface area contributed by atoms with Gasteiger partial charge in [0.1, 0.15) is 84.8 Å². The zero-order valence-corrected chi connectivity index (χ0v) is 64.9. The zero-order chi connectivity index (χ0) is 83.2. The maximum absolute atomic E-state index is 15.1. The number of ether oxygens (including phenoxy) is 2. The molecule has 0 spiro atoms. The fourth-order valence-corrected chi connectivity index (χ4v) is 13.4. The number of benzene rings is 1. The van der Waals surface area contributed by atoms with Crippen molar-refractivity contribution < 1.29 is 107 Å². The molecule has 0 saturated carbocycles. The van der Waals surface area contributed by atoms with E-state index in [-0.39, 0.29) is 101 Å². The molecule has 5 rings (SSSR count). The van der Waals surface area contributed by atoms with Gasteiger partial charge in [0.25, 0.3) is 0 Å². The second-order valence-corrected chi connectivity index (χ2v) is 29.8. The number of imidazole rings is 1. The lowest BCUT2D eigenvalue weighted by Crippen LogP contribution is -2.62. The molecule has 4 heterocycles. The number of aliphatic hydroxyl groups is 3. The van der Waals surface area contributed by atoms with Crippen molar-refractivity contribution in [1.29, 1.82) is 0 Å². The second-order valence-electron chi connectivity index (χ2n) is 28.8. The first kappa shape index (κ1) is 92.9. The number of carboxylic acids is 2. The van der Waals surface area contributed by atoms with E-state index in [0.29, 0.717) is 10.6 Å². The number of aliphatic imine (C=N–C) groups is 1. The third kappa shape index (κ3) is 28.8. The summed E-state index contributed by atoms with van der Waals surface area (Å²) in [6.45, 7) is 13.6. The molecule has 3 aliphatic heterocycles. The van der Waals surface area contributed by atoms with E-state index in [2.05, 4.69) is 73.4 Å². The summed E-state index contributed by atoms with van der Waals surface area (Å²) in [4.78, 5) is 222. The van der Waals surface area contributed by atoms with Crippen LogP contribution in [-0.4, -0.2) is 251 Å². The zero-order valence-electron chi connectivity index (χ0n) is 64.1. The number of carboxylic acid groups (broad SMARTS) is 2. The van der Waals surface area contributed by atoms with Crippen molar-refractivity contribution in [2.24, 2.45) is 45.9 Å². The fraction of sp³-hybridized carbons (Fsp3) is 0.653. The van der Waals surface area contributed by atoms with Crippen LogP contribution in [0.5, 0.6) is 0 Å². The Labute approximate surface area is 652 Å². The van der Waals surface area contributed by atoms with E-state index in [1.807, 2.05) is 13.8 Å². The Morgan fingerprint density at radius 2 is 1.29 bits per heavy atom. The number of nitrogens with one attached hydrogen (secondary N) is 12. The molecule has 0 bridgehead atoms. The molecule has 1 aromatic heterocycles. The summed E-state index contributed by atoms with van der Waals surface area (Å²) in [6.07, 6.45) is -11.7.